The Labute approximate surface area is 151 Å². The molecule has 0 saturated heterocycles. The summed E-state index contributed by atoms with van der Waals surface area (Å²) in [6.07, 6.45) is 2.09. The van der Waals surface area contributed by atoms with Crippen LogP contribution < -0.4 is 5.32 Å². The summed E-state index contributed by atoms with van der Waals surface area (Å²) in [6, 6.07) is 17.1. The zero-order chi connectivity index (χ0) is 17.4. The van der Waals surface area contributed by atoms with Gasteiger partial charge < -0.3 is 14.4 Å². The molecule has 0 spiro atoms. The van der Waals surface area contributed by atoms with Crippen LogP contribution in [0, 0.1) is 0 Å². The van der Waals surface area contributed by atoms with Crippen LogP contribution in [0.15, 0.2) is 53.4 Å². The van der Waals surface area contributed by atoms with Crippen molar-refractivity contribution in [3.8, 4) is 0 Å². The quantitative estimate of drug-likeness (QED) is 0.442. The second-order valence-electron chi connectivity index (χ2n) is 5.13. The van der Waals surface area contributed by atoms with Gasteiger partial charge in [0.2, 0.25) is 0 Å². The van der Waals surface area contributed by atoms with Gasteiger partial charge in [0.15, 0.2) is 8.38 Å². The highest BCUT2D eigenvalue weighted by Gasteiger charge is 2.29. The molecule has 24 heavy (non-hydrogen) atoms. The van der Waals surface area contributed by atoms with Crippen molar-refractivity contribution in [1.29, 1.82) is 0 Å². The maximum atomic E-state index is 6.02. The topological polar surface area (TPSA) is 30.5 Å². The molecule has 1 unspecified atom stereocenters. The molecular weight excluding hydrogens is 337 g/mol. The normalized spacial score (nSPS) is 12.4. The first-order valence-electron chi connectivity index (χ1n) is 8.20. The average molecular weight is 363 g/mol. The molecule has 2 aromatic rings. The summed E-state index contributed by atoms with van der Waals surface area (Å²) in [7, 11) is 0.895. The van der Waals surface area contributed by atoms with Gasteiger partial charge >= 0.3 is 0 Å². The first-order chi connectivity index (χ1) is 11.7. The summed E-state index contributed by atoms with van der Waals surface area (Å²) in [5.74, 6) is 0. The van der Waals surface area contributed by atoms with Crippen molar-refractivity contribution >= 4 is 25.8 Å². The number of benzene rings is 2. The SMILES string of the molecule is CCOP(OCC)C(c1ccc(SC)cc1)c1ccccc1NC. The fourth-order valence-corrected chi connectivity index (χ4v) is 4.76. The largest absolute Gasteiger partial charge is 0.388 e. The van der Waals surface area contributed by atoms with E-state index in [4.69, 9.17) is 9.05 Å². The van der Waals surface area contributed by atoms with E-state index in [-0.39, 0.29) is 5.66 Å². The van der Waals surface area contributed by atoms with E-state index in [9.17, 15) is 0 Å². The molecule has 0 saturated carbocycles. The molecule has 1 N–H and O–H groups in total. The van der Waals surface area contributed by atoms with Gasteiger partial charge in [-0.05, 0) is 49.4 Å². The fraction of sp³-hybridized carbons (Fsp3) is 0.368. The fourth-order valence-electron chi connectivity index (χ4n) is 2.60. The third-order valence-corrected chi connectivity index (χ3v) is 6.45. The second kappa shape index (κ2) is 10.0. The maximum absolute atomic E-state index is 6.02. The van der Waals surface area contributed by atoms with Crippen LogP contribution in [-0.2, 0) is 9.05 Å². The van der Waals surface area contributed by atoms with Gasteiger partial charge in [-0.3, -0.25) is 0 Å². The van der Waals surface area contributed by atoms with Crippen molar-refractivity contribution in [2.24, 2.45) is 0 Å². The lowest BCUT2D eigenvalue weighted by Gasteiger charge is -2.28. The lowest BCUT2D eigenvalue weighted by Crippen LogP contribution is -2.07. The third-order valence-electron chi connectivity index (χ3n) is 3.68. The van der Waals surface area contributed by atoms with Crippen LogP contribution in [0.3, 0.4) is 0 Å². The lowest BCUT2D eigenvalue weighted by atomic mass is 10.0. The van der Waals surface area contributed by atoms with Crippen LogP contribution in [-0.4, -0.2) is 26.5 Å². The van der Waals surface area contributed by atoms with Crippen molar-refractivity contribution in [2.75, 3.05) is 31.8 Å². The van der Waals surface area contributed by atoms with Crippen molar-refractivity contribution in [3.63, 3.8) is 0 Å². The van der Waals surface area contributed by atoms with E-state index in [1.165, 1.54) is 16.0 Å². The zero-order valence-electron chi connectivity index (χ0n) is 14.8. The standard InChI is InChI=1S/C19H26NO2PS/c1-5-21-23(22-6-2)19(15-11-13-16(24-4)14-12-15)17-9-7-8-10-18(17)20-3/h7-14,19-20H,5-6H2,1-4H3. The number of hydrogen-bond donors (Lipinski definition) is 1. The molecule has 2 aromatic carbocycles. The van der Waals surface area contributed by atoms with Crippen molar-refractivity contribution < 1.29 is 9.05 Å². The van der Waals surface area contributed by atoms with E-state index in [0.29, 0.717) is 13.2 Å². The molecule has 2 rings (SSSR count). The molecule has 0 bridgehead atoms. The smallest absolute Gasteiger partial charge is 0.183 e. The monoisotopic (exact) mass is 363 g/mol. The second-order valence-corrected chi connectivity index (χ2v) is 7.62. The Morgan fingerprint density at radius 2 is 1.62 bits per heavy atom. The minimum atomic E-state index is -1.06. The predicted octanol–water partition coefficient (Wildman–Crippen LogP) is 5.92. The molecule has 0 radical (unpaired) electrons. The number of hydrogen-bond acceptors (Lipinski definition) is 4. The van der Waals surface area contributed by atoms with E-state index in [0.717, 1.165) is 5.69 Å². The Morgan fingerprint density at radius 1 is 1.00 bits per heavy atom. The molecule has 5 heteroatoms. The lowest BCUT2D eigenvalue weighted by molar-refractivity contribution is 0.265. The Morgan fingerprint density at radius 3 is 2.17 bits per heavy atom. The van der Waals surface area contributed by atoms with Crippen LogP contribution in [0.25, 0.3) is 0 Å². The van der Waals surface area contributed by atoms with Gasteiger partial charge in [0, 0.05) is 17.6 Å². The van der Waals surface area contributed by atoms with E-state index in [1.54, 1.807) is 11.8 Å². The molecular formula is C19H26NO2PS. The van der Waals surface area contributed by atoms with Crippen LogP contribution in [0.1, 0.15) is 30.6 Å². The molecule has 0 aliphatic rings. The van der Waals surface area contributed by atoms with E-state index < -0.39 is 8.38 Å². The van der Waals surface area contributed by atoms with Gasteiger partial charge in [-0.15, -0.1) is 11.8 Å². The highest BCUT2D eigenvalue weighted by atomic mass is 32.2. The minimum absolute atomic E-state index is 0.0828. The summed E-state index contributed by atoms with van der Waals surface area (Å²) in [4.78, 5) is 1.26. The predicted molar refractivity (Wildman–Crippen MR) is 106 cm³/mol. The van der Waals surface area contributed by atoms with Gasteiger partial charge in [-0.25, -0.2) is 0 Å². The molecule has 130 valence electrons. The molecule has 1 atom stereocenters. The first kappa shape index (κ1) is 19.3. The third kappa shape index (κ3) is 4.73. The number of anilines is 1. The van der Waals surface area contributed by atoms with Gasteiger partial charge in [0.25, 0.3) is 0 Å². The summed E-state index contributed by atoms with van der Waals surface area (Å²) >= 11 is 1.75. The number of nitrogens with one attached hydrogen (secondary N) is 1. The minimum Gasteiger partial charge on any atom is -0.388 e. The molecule has 0 aromatic heterocycles. The zero-order valence-corrected chi connectivity index (χ0v) is 16.5. The number of thioether (sulfide) groups is 1. The summed E-state index contributed by atoms with van der Waals surface area (Å²) in [5.41, 5.74) is 3.64. The summed E-state index contributed by atoms with van der Waals surface area (Å²) < 4.78 is 12.0. The van der Waals surface area contributed by atoms with Crippen LogP contribution >= 0.6 is 20.1 Å². The Balaban J connectivity index is 2.50. The van der Waals surface area contributed by atoms with E-state index in [1.807, 2.05) is 27.0 Å². The van der Waals surface area contributed by atoms with Crippen molar-refractivity contribution in [1.82, 2.24) is 0 Å². The Hall–Kier alpha value is -1.06. The molecule has 0 amide bonds. The first-order valence-corrected chi connectivity index (χ1v) is 10.7. The summed E-state index contributed by atoms with van der Waals surface area (Å²) in [6.45, 7) is 5.33. The average Bonchev–Trinajstić information content (AvgIpc) is 2.63. The van der Waals surface area contributed by atoms with Gasteiger partial charge in [0.05, 0.1) is 18.9 Å². The summed E-state index contributed by atoms with van der Waals surface area (Å²) in [5, 5.41) is 3.30. The van der Waals surface area contributed by atoms with Gasteiger partial charge in [-0.2, -0.15) is 0 Å². The molecule has 0 fully saturated rings. The van der Waals surface area contributed by atoms with Crippen molar-refractivity contribution in [3.05, 3.63) is 59.7 Å². The van der Waals surface area contributed by atoms with Gasteiger partial charge in [-0.1, -0.05) is 30.3 Å². The Kier molecular flexibility index (Phi) is 8.07. The molecule has 0 aliphatic heterocycles. The highest BCUT2D eigenvalue weighted by Crippen LogP contribution is 2.57. The van der Waals surface area contributed by atoms with Gasteiger partial charge in [0.1, 0.15) is 0 Å². The van der Waals surface area contributed by atoms with Crippen LogP contribution in [0.2, 0.25) is 0 Å². The van der Waals surface area contributed by atoms with Crippen LogP contribution in [0.5, 0.6) is 0 Å². The van der Waals surface area contributed by atoms with E-state index >= 15 is 0 Å². The maximum Gasteiger partial charge on any atom is 0.183 e. The van der Waals surface area contributed by atoms with Crippen LogP contribution in [0.4, 0.5) is 5.69 Å². The molecule has 0 heterocycles. The molecule has 3 nitrogen and oxygen atoms in total. The van der Waals surface area contributed by atoms with Crippen molar-refractivity contribution in [2.45, 2.75) is 24.4 Å². The Bertz CT molecular complexity index is 615. The van der Waals surface area contributed by atoms with E-state index in [2.05, 4.69) is 54.0 Å². The highest BCUT2D eigenvalue weighted by molar-refractivity contribution is 7.98. The number of rotatable bonds is 9. The molecule has 0 aliphatic carbocycles. The number of para-hydroxylation sites is 1.